The first-order chi connectivity index (χ1) is 16.6. The summed E-state index contributed by atoms with van der Waals surface area (Å²) in [6.07, 6.45) is -0.990. The van der Waals surface area contributed by atoms with Crippen molar-refractivity contribution in [3.63, 3.8) is 0 Å². The topological polar surface area (TPSA) is 110 Å². The van der Waals surface area contributed by atoms with Gasteiger partial charge in [-0.05, 0) is 49.1 Å². The summed E-state index contributed by atoms with van der Waals surface area (Å²) in [5.41, 5.74) is 1.64. The molecule has 0 aliphatic carbocycles. The normalized spacial score (nSPS) is 11.9. The van der Waals surface area contributed by atoms with Crippen LogP contribution in [0.3, 0.4) is 0 Å². The number of carbonyl (C=O) groups is 2. The Morgan fingerprint density at radius 3 is 2.14 bits per heavy atom. The average Bonchev–Trinajstić information content (AvgIpc) is 2.79. The number of aromatic hydroxyl groups is 1. The third-order valence-corrected chi connectivity index (χ3v) is 5.22. The minimum absolute atomic E-state index is 0.0225. The van der Waals surface area contributed by atoms with Crippen LogP contribution in [0.4, 0.5) is 0 Å². The van der Waals surface area contributed by atoms with Crippen LogP contribution in [0.2, 0.25) is 0 Å². The summed E-state index contributed by atoms with van der Waals surface area (Å²) in [6, 6.07) is 6.46. The second kappa shape index (κ2) is 12.4. The number of hydrogen-bond donors (Lipinski definition) is 1. The lowest BCUT2D eigenvalue weighted by atomic mass is 9.96. The smallest absolute Gasteiger partial charge is 0.345 e. The lowest BCUT2D eigenvalue weighted by Gasteiger charge is -2.24. The van der Waals surface area contributed by atoms with E-state index in [1.807, 2.05) is 13.8 Å². The van der Waals surface area contributed by atoms with Gasteiger partial charge in [0.05, 0.1) is 19.8 Å². The maximum Gasteiger partial charge on any atom is 0.345 e. The summed E-state index contributed by atoms with van der Waals surface area (Å²) in [6.45, 7) is 7.11. The van der Waals surface area contributed by atoms with Crippen molar-refractivity contribution >= 4 is 11.9 Å². The Bertz CT molecular complexity index is 1040. The molecule has 0 aliphatic rings. The molecule has 0 amide bonds. The minimum Gasteiger partial charge on any atom is -0.504 e. The number of carbonyl (C=O) groups excluding carboxylic acids is 2. The number of phenols is 1. The van der Waals surface area contributed by atoms with Crippen LogP contribution in [0, 0.1) is 12.8 Å². The summed E-state index contributed by atoms with van der Waals surface area (Å²) in [7, 11) is 5.55. The van der Waals surface area contributed by atoms with Crippen molar-refractivity contribution in [1.29, 1.82) is 0 Å². The van der Waals surface area contributed by atoms with Gasteiger partial charge in [-0.25, -0.2) is 4.79 Å². The van der Waals surface area contributed by atoms with Crippen LogP contribution in [0.5, 0.6) is 23.0 Å². The van der Waals surface area contributed by atoms with Crippen LogP contribution in [-0.4, -0.2) is 45.5 Å². The van der Waals surface area contributed by atoms with Gasteiger partial charge in [0.2, 0.25) is 0 Å². The van der Waals surface area contributed by atoms with Gasteiger partial charge in [-0.3, -0.25) is 4.79 Å². The van der Waals surface area contributed by atoms with E-state index in [9.17, 15) is 14.7 Å². The van der Waals surface area contributed by atoms with Crippen molar-refractivity contribution in [2.24, 2.45) is 5.92 Å². The van der Waals surface area contributed by atoms with Crippen molar-refractivity contribution in [1.82, 2.24) is 0 Å². The van der Waals surface area contributed by atoms with Gasteiger partial charge in [-0.2, -0.15) is 0 Å². The lowest BCUT2D eigenvalue weighted by molar-refractivity contribution is -0.147. The van der Waals surface area contributed by atoms with Gasteiger partial charge in [0.1, 0.15) is 23.2 Å². The third-order valence-electron chi connectivity index (χ3n) is 5.22. The van der Waals surface area contributed by atoms with Crippen LogP contribution in [0.25, 0.3) is 0 Å². The quantitative estimate of drug-likeness (QED) is 0.334. The van der Waals surface area contributed by atoms with Crippen LogP contribution >= 0.6 is 0 Å². The van der Waals surface area contributed by atoms with E-state index in [0.717, 1.165) is 5.56 Å². The molecule has 0 aromatic heterocycles. The van der Waals surface area contributed by atoms with Crippen LogP contribution in [-0.2, 0) is 23.7 Å². The highest BCUT2D eigenvalue weighted by molar-refractivity contribution is 5.96. The van der Waals surface area contributed by atoms with Gasteiger partial charge in [0, 0.05) is 26.7 Å². The summed E-state index contributed by atoms with van der Waals surface area (Å²) in [5, 5.41) is 10.7. The second-order valence-electron chi connectivity index (χ2n) is 8.39. The number of phenolic OH excluding ortho intramolecular Hbond substituents is 1. The highest BCUT2D eigenvalue weighted by Gasteiger charge is 2.30. The number of ether oxygens (including phenoxy) is 6. The molecule has 2 aromatic carbocycles. The Morgan fingerprint density at radius 2 is 1.63 bits per heavy atom. The minimum atomic E-state index is -0.835. The van der Waals surface area contributed by atoms with E-state index in [1.165, 1.54) is 41.4 Å². The Morgan fingerprint density at radius 1 is 0.971 bits per heavy atom. The molecule has 1 atom stereocenters. The summed E-state index contributed by atoms with van der Waals surface area (Å²) in [4.78, 5) is 24.7. The molecule has 0 heterocycles. The molecule has 2 rings (SSSR count). The van der Waals surface area contributed by atoms with E-state index in [0.29, 0.717) is 17.5 Å². The number of aryl methyl sites for hydroxylation is 1. The second-order valence-corrected chi connectivity index (χ2v) is 8.39. The molecule has 0 radical (unpaired) electrons. The Balaban J connectivity index is 2.74. The van der Waals surface area contributed by atoms with Crippen molar-refractivity contribution < 1.29 is 43.1 Å². The highest BCUT2D eigenvalue weighted by Crippen LogP contribution is 2.44. The molecule has 35 heavy (non-hydrogen) atoms. The molecular weight excluding hydrogens is 456 g/mol. The molecule has 192 valence electrons. The number of rotatable bonds is 11. The Kier molecular flexibility index (Phi) is 9.91. The fourth-order valence-electron chi connectivity index (χ4n) is 3.83. The molecule has 1 N–H and O–H groups in total. The van der Waals surface area contributed by atoms with E-state index in [4.69, 9.17) is 28.4 Å². The summed E-state index contributed by atoms with van der Waals surface area (Å²) in [5.74, 6) is -0.920. The molecule has 0 fully saturated rings. The van der Waals surface area contributed by atoms with Gasteiger partial charge < -0.3 is 33.5 Å². The average molecular weight is 491 g/mol. The largest absolute Gasteiger partial charge is 0.504 e. The number of esters is 2. The van der Waals surface area contributed by atoms with Crippen molar-refractivity contribution in [3.8, 4) is 23.0 Å². The highest BCUT2D eigenvalue weighted by atomic mass is 16.7. The van der Waals surface area contributed by atoms with Gasteiger partial charge in [-0.1, -0.05) is 13.8 Å². The summed E-state index contributed by atoms with van der Waals surface area (Å²) >= 11 is 0. The van der Waals surface area contributed by atoms with E-state index in [1.54, 1.807) is 25.1 Å². The zero-order valence-corrected chi connectivity index (χ0v) is 21.5. The fraction of sp³-hybridized carbons (Fsp3) is 0.462. The predicted octanol–water partition coefficient (Wildman–Crippen LogP) is 5.23. The first kappa shape index (κ1) is 27.9. The molecule has 9 nitrogen and oxygen atoms in total. The molecule has 0 bridgehead atoms. The lowest BCUT2D eigenvalue weighted by Crippen LogP contribution is -2.15. The number of hydrogen-bond acceptors (Lipinski definition) is 9. The SMILES string of the molecule is COC(=O)c1c(Oc2c(O)cc(C)cc2C(OC)OC)ccc(C(CC(C)C)OC(C)=O)c1OC. The molecule has 9 heteroatoms. The molecule has 1 unspecified atom stereocenters. The Hall–Kier alpha value is -3.30. The molecule has 0 spiro atoms. The van der Waals surface area contributed by atoms with Gasteiger partial charge in [-0.15, -0.1) is 0 Å². The van der Waals surface area contributed by atoms with Gasteiger partial charge in [0.25, 0.3) is 0 Å². The maximum absolute atomic E-state index is 12.9. The van der Waals surface area contributed by atoms with E-state index >= 15 is 0 Å². The van der Waals surface area contributed by atoms with Crippen molar-refractivity contribution in [2.45, 2.75) is 46.5 Å². The van der Waals surface area contributed by atoms with Crippen LogP contribution < -0.4 is 9.47 Å². The predicted molar refractivity (Wildman–Crippen MR) is 128 cm³/mol. The maximum atomic E-state index is 12.9. The molecular formula is C26H34O9. The van der Waals surface area contributed by atoms with Gasteiger partial charge in [0.15, 0.2) is 17.8 Å². The van der Waals surface area contributed by atoms with Crippen molar-refractivity contribution in [3.05, 3.63) is 46.5 Å². The van der Waals surface area contributed by atoms with Crippen molar-refractivity contribution in [2.75, 3.05) is 28.4 Å². The van der Waals surface area contributed by atoms with Gasteiger partial charge >= 0.3 is 11.9 Å². The number of benzene rings is 2. The van der Waals surface area contributed by atoms with Crippen LogP contribution in [0.1, 0.15) is 66.6 Å². The molecule has 2 aromatic rings. The van der Waals surface area contributed by atoms with E-state index in [2.05, 4.69) is 0 Å². The zero-order chi connectivity index (χ0) is 26.3. The third kappa shape index (κ3) is 6.64. The van der Waals surface area contributed by atoms with Crippen LogP contribution in [0.15, 0.2) is 24.3 Å². The van der Waals surface area contributed by atoms with E-state index in [-0.39, 0.29) is 34.5 Å². The molecule has 0 saturated carbocycles. The number of methoxy groups -OCH3 is 4. The summed E-state index contributed by atoms with van der Waals surface area (Å²) < 4.78 is 33.0. The monoisotopic (exact) mass is 490 g/mol. The molecule has 0 aliphatic heterocycles. The zero-order valence-electron chi connectivity index (χ0n) is 21.5. The molecule has 0 saturated heterocycles. The van der Waals surface area contributed by atoms with E-state index < -0.39 is 24.3 Å². The standard InChI is InChI=1S/C26H34O9/c1-14(2)11-21(34-16(4)27)17-9-10-20(22(24(17)30-5)25(29)31-6)35-23-18(26(32-7)33-8)12-15(3)13-19(23)28/h9-10,12-14,21,26,28H,11H2,1-8H3. The Labute approximate surface area is 205 Å². The first-order valence-electron chi connectivity index (χ1n) is 11.1. The fourth-order valence-corrected chi connectivity index (χ4v) is 3.83. The first-order valence-corrected chi connectivity index (χ1v) is 11.1.